The minimum Gasteiger partial charge on any atom is -0.337 e. The van der Waals surface area contributed by atoms with Crippen LogP contribution in [0.15, 0.2) is 11.7 Å². The second kappa shape index (κ2) is 5.66. The second-order valence-corrected chi connectivity index (χ2v) is 6.73. The summed E-state index contributed by atoms with van der Waals surface area (Å²) in [4.78, 5) is 13.0. The van der Waals surface area contributed by atoms with Crippen molar-refractivity contribution in [3.05, 3.63) is 33.8 Å². The number of rotatable bonds is 3. The molecule has 0 radical (unpaired) electrons. The van der Waals surface area contributed by atoms with Crippen molar-refractivity contribution in [1.82, 2.24) is 19.4 Å². The first-order chi connectivity index (χ1) is 9.63. The van der Waals surface area contributed by atoms with Crippen LogP contribution in [0.3, 0.4) is 0 Å². The third kappa shape index (κ3) is 2.79. The van der Waals surface area contributed by atoms with Crippen molar-refractivity contribution in [1.29, 1.82) is 0 Å². The lowest BCUT2D eigenvalue weighted by molar-refractivity contribution is 0.196. The summed E-state index contributed by atoms with van der Waals surface area (Å²) in [6.45, 7) is 7.52. The van der Waals surface area contributed by atoms with Gasteiger partial charge in [0.15, 0.2) is 0 Å². The minimum atomic E-state index is 0.565. The molecule has 1 aliphatic rings. The summed E-state index contributed by atoms with van der Waals surface area (Å²) < 4.78 is 2.20. The molecule has 0 spiro atoms. The van der Waals surface area contributed by atoms with Crippen molar-refractivity contribution < 1.29 is 0 Å². The van der Waals surface area contributed by atoms with E-state index in [1.54, 1.807) is 11.3 Å². The molecule has 4 nitrogen and oxygen atoms in total. The van der Waals surface area contributed by atoms with Gasteiger partial charge in [0.1, 0.15) is 5.82 Å². The number of hydrogen-bond donors (Lipinski definition) is 0. The molecule has 1 unspecified atom stereocenters. The van der Waals surface area contributed by atoms with E-state index in [1.807, 2.05) is 5.51 Å². The molecule has 3 rings (SSSR count). The van der Waals surface area contributed by atoms with Crippen LogP contribution < -0.4 is 0 Å². The molecule has 0 aromatic carbocycles. The maximum Gasteiger partial charge on any atom is 0.113 e. The molecule has 1 saturated heterocycles. The highest BCUT2D eigenvalue weighted by molar-refractivity contribution is 7.09. The first-order valence-electron chi connectivity index (χ1n) is 7.24. The van der Waals surface area contributed by atoms with Gasteiger partial charge in [-0.1, -0.05) is 0 Å². The van der Waals surface area contributed by atoms with Gasteiger partial charge in [-0.15, -0.1) is 11.3 Å². The van der Waals surface area contributed by atoms with E-state index in [4.69, 9.17) is 4.98 Å². The lowest BCUT2D eigenvalue weighted by Crippen LogP contribution is -2.34. The van der Waals surface area contributed by atoms with Gasteiger partial charge in [-0.05, 0) is 33.2 Å². The van der Waals surface area contributed by atoms with Gasteiger partial charge in [0, 0.05) is 37.1 Å². The smallest absolute Gasteiger partial charge is 0.113 e. The summed E-state index contributed by atoms with van der Waals surface area (Å²) in [7, 11) is 2.11. The topological polar surface area (TPSA) is 34.0 Å². The van der Waals surface area contributed by atoms with E-state index in [-0.39, 0.29) is 0 Å². The number of aromatic nitrogens is 3. The number of imidazole rings is 1. The summed E-state index contributed by atoms with van der Waals surface area (Å²) >= 11 is 1.77. The first-order valence-corrected chi connectivity index (χ1v) is 8.12. The van der Waals surface area contributed by atoms with E-state index in [1.165, 1.54) is 35.8 Å². The molecule has 2 aromatic heterocycles. The van der Waals surface area contributed by atoms with Crippen LogP contribution in [-0.4, -0.2) is 32.5 Å². The summed E-state index contributed by atoms with van der Waals surface area (Å²) in [6.07, 6.45) is 4.64. The molecule has 3 heterocycles. The van der Waals surface area contributed by atoms with Crippen LogP contribution in [0, 0.1) is 13.8 Å². The number of nitrogens with zero attached hydrogens (tertiary/aromatic N) is 4. The van der Waals surface area contributed by atoms with Gasteiger partial charge in [0.05, 0.1) is 16.9 Å². The molecule has 5 heteroatoms. The maximum atomic E-state index is 4.71. The van der Waals surface area contributed by atoms with E-state index in [2.05, 4.69) is 41.5 Å². The third-order valence-corrected chi connectivity index (χ3v) is 5.04. The van der Waals surface area contributed by atoms with Crippen LogP contribution in [0.4, 0.5) is 0 Å². The van der Waals surface area contributed by atoms with E-state index >= 15 is 0 Å². The zero-order valence-electron chi connectivity index (χ0n) is 12.5. The van der Waals surface area contributed by atoms with E-state index < -0.39 is 0 Å². The SMILES string of the molecule is Cc1cn(C)c(C2CCCN(Cc3scnc3C)C2)n1. The van der Waals surface area contributed by atoms with Gasteiger partial charge in [0.2, 0.25) is 0 Å². The normalized spacial score (nSPS) is 20.4. The zero-order valence-corrected chi connectivity index (χ0v) is 13.3. The highest BCUT2D eigenvalue weighted by Gasteiger charge is 2.25. The van der Waals surface area contributed by atoms with E-state index in [0.29, 0.717) is 5.92 Å². The van der Waals surface area contributed by atoms with Gasteiger partial charge in [-0.2, -0.15) is 0 Å². The Hall–Kier alpha value is -1.20. The Kier molecular flexibility index (Phi) is 3.89. The highest BCUT2D eigenvalue weighted by atomic mass is 32.1. The fourth-order valence-corrected chi connectivity index (χ4v) is 3.92. The molecule has 0 amide bonds. The van der Waals surface area contributed by atoms with Crippen molar-refractivity contribution in [2.45, 2.75) is 39.2 Å². The van der Waals surface area contributed by atoms with Gasteiger partial charge in [-0.25, -0.2) is 9.97 Å². The lowest BCUT2D eigenvalue weighted by Gasteiger charge is -2.32. The van der Waals surface area contributed by atoms with Crippen molar-refractivity contribution in [2.75, 3.05) is 13.1 Å². The van der Waals surface area contributed by atoms with Crippen LogP contribution in [0.1, 0.15) is 40.8 Å². The quantitative estimate of drug-likeness (QED) is 0.871. The monoisotopic (exact) mass is 290 g/mol. The van der Waals surface area contributed by atoms with Gasteiger partial charge < -0.3 is 4.57 Å². The molecule has 0 N–H and O–H groups in total. The minimum absolute atomic E-state index is 0.565. The molecule has 1 fully saturated rings. The average Bonchev–Trinajstić information content (AvgIpc) is 2.96. The highest BCUT2D eigenvalue weighted by Crippen LogP contribution is 2.28. The van der Waals surface area contributed by atoms with Gasteiger partial charge in [-0.3, -0.25) is 4.90 Å². The van der Waals surface area contributed by atoms with E-state index in [9.17, 15) is 0 Å². The summed E-state index contributed by atoms with van der Waals surface area (Å²) in [5, 5.41) is 0. The molecule has 0 aliphatic carbocycles. The Bertz CT molecular complexity index is 586. The standard InChI is InChI=1S/C15H22N4S/c1-11-7-18(3)15(17-11)13-5-4-6-19(8-13)9-14-12(2)16-10-20-14/h7,10,13H,4-6,8-9H2,1-3H3. The number of piperidine rings is 1. The molecule has 1 atom stereocenters. The van der Waals surface area contributed by atoms with Crippen LogP contribution in [0.25, 0.3) is 0 Å². The second-order valence-electron chi connectivity index (χ2n) is 5.79. The Morgan fingerprint density at radius 3 is 2.90 bits per heavy atom. The van der Waals surface area contributed by atoms with Crippen molar-refractivity contribution in [2.24, 2.45) is 7.05 Å². The zero-order chi connectivity index (χ0) is 14.1. The summed E-state index contributed by atoms with van der Waals surface area (Å²) in [5.41, 5.74) is 4.26. The predicted molar refractivity (Wildman–Crippen MR) is 82.0 cm³/mol. The lowest BCUT2D eigenvalue weighted by atomic mass is 9.97. The summed E-state index contributed by atoms with van der Waals surface area (Å²) in [6, 6.07) is 0. The van der Waals surface area contributed by atoms with Crippen LogP contribution in [-0.2, 0) is 13.6 Å². The average molecular weight is 290 g/mol. The molecular weight excluding hydrogens is 268 g/mol. The number of likely N-dealkylation sites (tertiary alicyclic amines) is 1. The molecule has 20 heavy (non-hydrogen) atoms. The van der Waals surface area contributed by atoms with Crippen molar-refractivity contribution in [3.63, 3.8) is 0 Å². The fraction of sp³-hybridized carbons (Fsp3) is 0.600. The number of aryl methyl sites for hydroxylation is 3. The predicted octanol–water partition coefficient (Wildman–Crippen LogP) is 2.87. The van der Waals surface area contributed by atoms with Crippen LogP contribution in [0.5, 0.6) is 0 Å². The molecule has 0 bridgehead atoms. The third-order valence-electron chi connectivity index (χ3n) is 4.12. The van der Waals surface area contributed by atoms with E-state index in [0.717, 1.165) is 18.8 Å². The molecule has 0 saturated carbocycles. The largest absolute Gasteiger partial charge is 0.337 e. The van der Waals surface area contributed by atoms with Crippen molar-refractivity contribution >= 4 is 11.3 Å². The maximum absolute atomic E-state index is 4.71. The first kappa shape index (κ1) is 13.8. The Balaban J connectivity index is 1.70. The van der Waals surface area contributed by atoms with Gasteiger partial charge >= 0.3 is 0 Å². The number of thiazole rings is 1. The Morgan fingerprint density at radius 2 is 2.25 bits per heavy atom. The summed E-state index contributed by atoms with van der Waals surface area (Å²) in [5.74, 6) is 1.81. The van der Waals surface area contributed by atoms with Crippen molar-refractivity contribution in [3.8, 4) is 0 Å². The molecule has 2 aromatic rings. The van der Waals surface area contributed by atoms with Crippen LogP contribution >= 0.6 is 11.3 Å². The van der Waals surface area contributed by atoms with Crippen LogP contribution in [0.2, 0.25) is 0 Å². The molecule has 1 aliphatic heterocycles. The molecular formula is C15H22N4S. The fourth-order valence-electron chi connectivity index (χ4n) is 3.11. The Morgan fingerprint density at radius 1 is 1.40 bits per heavy atom. The molecule has 108 valence electrons. The Labute approximate surface area is 124 Å². The van der Waals surface area contributed by atoms with Gasteiger partial charge in [0.25, 0.3) is 0 Å². The number of hydrogen-bond acceptors (Lipinski definition) is 4.